The Balaban J connectivity index is 1.79. The van der Waals surface area contributed by atoms with E-state index in [1.807, 2.05) is 24.3 Å². The molecule has 2 aromatic carbocycles. The van der Waals surface area contributed by atoms with Gasteiger partial charge >= 0.3 is 0 Å². The zero-order valence-electron chi connectivity index (χ0n) is 15.7. The molecule has 5 nitrogen and oxygen atoms in total. The third-order valence-electron chi connectivity index (χ3n) is 4.04. The molecule has 0 aliphatic carbocycles. The number of rotatable bonds is 9. The number of hydrogen-bond acceptors (Lipinski definition) is 3. The van der Waals surface area contributed by atoms with Gasteiger partial charge < -0.3 is 15.0 Å². The van der Waals surface area contributed by atoms with Crippen LogP contribution in [0.2, 0.25) is 0 Å². The summed E-state index contributed by atoms with van der Waals surface area (Å²) in [5.74, 6) is 0.316. The SMILES string of the molecule is CCCCOc1ccc(C(=O)NCC(=O)N(C)Cc2ccc(Br)cc2)cc1. The number of likely N-dealkylation sites (N-methyl/N-ethyl adjacent to an activating group) is 1. The van der Waals surface area contributed by atoms with Crippen LogP contribution in [-0.2, 0) is 11.3 Å². The van der Waals surface area contributed by atoms with E-state index in [9.17, 15) is 9.59 Å². The van der Waals surface area contributed by atoms with Crippen LogP contribution < -0.4 is 10.1 Å². The number of halogens is 1. The van der Waals surface area contributed by atoms with Gasteiger partial charge in [0.2, 0.25) is 5.91 Å². The fourth-order valence-corrected chi connectivity index (χ4v) is 2.65. The van der Waals surface area contributed by atoms with E-state index in [4.69, 9.17) is 4.74 Å². The average molecular weight is 433 g/mol. The summed E-state index contributed by atoms with van der Waals surface area (Å²) >= 11 is 3.39. The minimum Gasteiger partial charge on any atom is -0.494 e. The molecule has 0 aliphatic rings. The second-order valence-corrected chi connectivity index (χ2v) is 7.20. The minimum absolute atomic E-state index is 0.0411. The molecule has 0 saturated heterocycles. The van der Waals surface area contributed by atoms with Crippen molar-refractivity contribution in [1.82, 2.24) is 10.2 Å². The van der Waals surface area contributed by atoms with Crippen molar-refractivity contribution >= 4 is 27.7 Å². The maximum atomic E-state index is 12.2. The predicted octanol–water partition coefficient (Wildman–Crippen LogP) is 4.02. The molecule has 0 atom stereocenters. The molecular formula is C21H25BrN2O3. The molecule has 2 aromatic rings. The molecule has 1 N–H and O–H groups in total. The van der Waals surface area contributed by atoms with Crippen LogP contribution in [0, 0.1) is 0 Å². The number of carbonyl (C=O) groups excluding carboxylic acids is 2. The van der Waals surface area contributed by atoms with Crippen LogP contribution >= 0.6 is 15.9 Å². The Morgan fingerprint density at radius 3 is 2.37 bits per heavy atom. The summed E-state index contributed by atoms with van der Waals surface area (Å²) < 4.78 is 6.57. The van der Waals surface area contributed by atoms with Gasteiger partial charge in [0.25, 0.3) is 5.91 Å². The molecular weight excluding hydrogens is 408 g/mol. The van der Waals surface area contributed by atoms with Crippen molar-refractivity contribution in [3.05, 3.63) is 64.1 Å². The number of nitrogens with zero attached hydrogens (tertiary/aromatic N) is 1. The second-order valence-electron chi connectivity index (χ2n) is 6.29. The smallest absolute Gasteiger partial charge is 0.251 e. The van der Waals surface area contributed by atoms with E-state index in [1.54, 1.807) is 36.2 Å². The Labute approximate surface area is 168 Å². The monoisotopic (exact) mass is 432 g/mol. The lowest BCUT2D eigenvalue weighted by molar-refractivity contribution is -0.129. The summed E-state index contributed by atoms with van der Waals surface area (Å²) in [5, 5.41) is 2.67. The molecule has 6 heteroatoms. The van der Waals surface area contributed by atoms with E-state index >= 15 is 0 Å². The number of amides is 2. The van der Waals surface area contributed by atoms with Gasteiger partial charge in [0.05, 0.1) is 13.2 Å². The number of nitrogens with one attached hydrogen (secondary N) is 1. The lowest BCUT2D eigenvalue weighted by atomic mass is 10.2. The Hall–Kier alpha value is -2.34. The van der Waals surface area contributed by atoms with Crippen molar-refractivity contribution < 1.29 is 14.3 Å². The largest absolute Gasteiger partial charge is 0.494 e. The van der Waals surface area contributed by atoms with Crippen LogP contribution in [0.5, 0.6) is 5.75 Å². The van der Waals surface area contributed by atoms with Crippen LogP contribution in [0.15, 0.2) is 53.0 Å². The number of hydrogen-bond donors (Lipinski definition) is 1. The Morgan fingerprint density at radius 2 is 1.74 bits per heavy atom. The van der Waals surface area contributed by atoms with Gasteiger partial charge in [-0.25, -0.2) is 0 Å². The first kappa shape index (κ1) is 21.0. The van der Waals surface area contributed by atoms with Crippen LogP contribution in [0.25, 0.3) is 0 Å². The lowest BCUT2D eigenvalue weighted by Crippen LogP contribution is -2.37. The fraction of sp³-hybridized carbons (Fsp3) is 0.333. The summed E-state index contributed by atoms with van der Waals surface area (Å²) in [6, 6.07) is 14.7. The zero-order chi connectivity index (χ0) is 19.6. The third kappa shape index (κ3) is 7.06. The molecule has 0 fully saturated rings. The fourth-order valence-electron chi connectivity index (χ4n) is 2.38. The van der Waals surface area contributed by atoms with Gasteiger partial charge in [-0.3, -0.25) is 9.59 Å². The maximum absolute atomic E-state index is 12.2. The van der Waals surface area contributed by atoms with E-state index in [0.717, 1.165) is 28.6 Å². The van der Waals surface area contributed by atoms with Crippen molar-refractivity contribution in [1.29, 1.82) is 0 Å². The number of ether oxygens (including phenoxy) is 1. The highest BCUT2D eigenvalue weighted by molar-refractivity contribution is 9.10. The quantitative estimate of drug-likeness (QED) is 0.608. The van der Waals surface area contributed by atoms with Gasteiger partial charge in [-0.15, -0.1) is 0 Å². The van der Waals surface area contributed by atoms with Crippen LogP contribution in [0.3, 0.4) is 0 Å². The van der Waals surface area contributed by atoms with E-state index in [-0.39, 0.29) is 18.4 Å². The van der Waals surface area contributed by atoms with Gasteiger partial charge in [0.1, 0.15) is 5.75 Å². The molecule has 0 spiro atoms. The minimum atomic E-state index is -0.277. The van der Waals surface area contributed by atoms with E-state index < -0.39 is 0 Å². The summed E-state index contributed by atoms with van der Waals surface area (Å²) in [5.41, 5.74) is 1.53. The van der Waals surface area contributed by atoms with Crippen molar-refractivity contribution in [2.24, 2.45) is 0 Å². The molecule has 0 radical (unpaired) electrons. The van der Waals surface area contributed by atoms with Gasteiger partial charge in [-0.1, -0.05) is 41.4 Å². The van der Waals surface area contributed by atoms with Crippen LogP contribution in [-0.4, -0.2) is 36.9 Å². The molecule has 144 valence electrons. The first-order valence-electron chi connectivity index (χ1n) is 8.99. The summed E-state index contributed by atoms with van der Waals surface area (Å²) in [6.07, 6.45) is 2.07. The third-order valence-corrected chi connectivity index (χ3v) is 4.57. The van der Waals surface area contributed by atoms with E-state index in [1.165, 1.54) is 0 Å². The van der Waals surface area contributed by atoms with E-state index in [2.05, 4.69) is 28.2 Å². The number of unbranched alkanes of at least 4 members (excludes halogenated alkanes) is 1. The average Bonchev–Trinajstić information content (AvgIpc) is 2.68. The summed E-state index contributed by atoms with van der Waals surface area (Å²) in [4.78, 5) is 26.0. The summed E-state index contributed by atoms with van der Waals surface area (Å²) in [6.45, 7) is 3.22. The lowest BCUT2D eigenvalue weighted by Gasteiger charge is -2.17. The highest BCUT2D eigenvalue weighted by atomic mass is 79.9. The van der Waals surface area contributed by atoms with Crippen molar-refractivity contribution in [2.45, 2.75) is 26.3 Å². The molecule has 0 saturated carbocycles. The Bertz CT molecular complexity index is 745. The highest BCUT2D eigenvalue weighted by Crippen LogP contribution is 2.13. The van der Waals surface area contributed by atoms with Gasteiger partial charge in [-0.2, -0.15) is 0 Å². The zero-order valence-corrected chi connectivity index (χ0v) is 17.3. The first-order chi connectivity index (χ1) is 13.0. The molecule has 0 heterocycles. The Kier molecular flexibility index (Phi) is 8.33. The normalized spacial score (nSPS) is 10.3. The molecule has 0 bridgehead atoms. The van der Waals surface area contributed by atoms with Crippen molar-refractivity contribution in [3.63, 3.8) is 0 Å². The van der Waals surface area contributed by atoms with Crippen LogP contribution in [0.1, 0.15) is 35.7 Å². The number of carbonyl (C=O) groups is 2. The predicted molar refractivity (Wildman–Crippen MR) is 110 cm³/mol. The van der Waals surface area contributed by atoms with Gasteiger partial charge in [0.15, 0.2) is 0 Å². The molecule has 2 rings (SSSR count). The first-order valence-corrected chi connectivity index (χ1v) is 9.78. The highest BCUT2D eigenvalue weighted by Gasteiger charge is 2.12. The van der Waals surface area contributed by atoms with Crippen molar-refractivity contribution in [2.75, 3.05) is 20.2 Å². The maximum Gasteiger partial charge on any atom is 0.251 e. The molecule has 27 heavy (non-hydrogen) atoms. The molecule has 0 aliphatic heterocycles. The van der Waals surface area contributed by atoms with Gasteiger partial charge in [0, 0.05) is 23.6 Å². The van der Waals surface area contributed by atoms with Gasteiger partial charge in [-0.05, 0) is 48.4 Å². The summed E-state index contributed by atoms with van der Waals surface area (Å²) in [7, 11) is 1.72. The number of benzene rings is 2. The molecule has 0 aromatic heterocycles. The van der Waals surface area contributed by atoms with E-state index in [0.29, 0.717) is 18.7 Å². The van der Waals surface area contributed by atoms with Crippen molar-refractivity contribution in [3.8, 4) is 5.75 Å². The second kappa shape index (κ2) is 10.7. The molecule has 0 unspecified atom stereocenters. The molecule has 2 amide bonds. The van der Waals surface area contributed by atoms with Crippen LogP contribution in [0.4, 0.5) is 0 Å². The standard InChI is InChI=1S/C21H25BrN2O3/c1-3-4-13-27-19-11-7-17(8-12-19)21(26)23-14-20(25)24(2)15-16-5-9-18(22)10-6-16/h5-12H,3-4,13-15H2,1-2H3,(H,23,26). The Morgan fingerprint density at radius 1 is 1.07 bits per heavy atom. The topological polar surface area (TPSA) is 58.6 Å².